The minimum atomic E-state index is -0.0938. The molecule has 1 heterocycles. The van der Waals surface area contributed by atoms with E-state index in [1.54, 1.807) is 11.1 Å². The summed E-state index contributed by atoms with van der Waals surface area (Å²) in [5.74, 6) is -0.0938. The fourth-order valence-corrected chi connectivity index (χ4v) is 1.22. The first-order valence-electron chi connectivity index (χ1n) is 3.68. The average molecular weight is 163 g/mol. The number of fused-ring (bicyclic) bond motifs is 1. The molecule has 1 aliphatic rings. The number of carbonyl (C=O) groups excluding carboxylic acids is 1. The van der Waals surface area contributed by atoms with Crippen LogP contribution in [-0.4, -0.2) is 13.0 Å². The Bertz CT molecular complexity index is 324. The lowest BCUT2D eigenvalue weighted by Gasteiger charge is -2.27. The fourth-order valence-electron chi connectivity index (χ4n) is 1.22. The molecular formula is C8H9N3O. The number of amides is 1. The van der Waals surface area contributed by atoms with Gasteiger partial charge in [-0.1, -0.05) is 12.1 Å². The van der Waals surface area contributed by atoms with Gasteiger partial charge in [0.2, 0.25) is 0 Å². The van der Waals surface area contributed by atoms with Crippen molar-refractivity contribution in [2.45, 2.75) is 0 Å². The van der Waals surface area contributed by atoms with Gasteiger partial charge in [-0.15, -0.1) is 5.53 Å². The quantitative estimate of drug-likeness (QED) is 0.577. The van der Waals surface area contributed by atoms with Crippen molar-refractivity contribution < 1.29 is 4.79 Å². The zero-order chi connectivity index (χ0) is 8.55. The predicted octanol–water partition coefficient (Wildman–Crippen LogP) is 0.286. The van der Waals surface area contributed by atoms with Crippen LogP contribution in [0.1, 0.15) is 10.4 Å². The molecule has 0 fully saturated rings. The van der Waals surface area contributed by atoms with Gasteiger partial charge in [-0.3, -0.25) is 15.2 Å². The average Bonchev–Trinajstić information content (AvgIpc) is 2.12. The van der Waals surface area contributed by atoms with Crippen LogP contribution in [0.2, 0.25) is 0 Å². The zero-order valence-electron chi connectivity index (χ0n) is 6.66. The molecule has 0 atom stereocenters. The molecule has 0 aliphatic carbocycles. The minimum Gasteiger partial charge on any atom is -0.293 e. The van der Waals surface area contributed by atoms with E-state index in [0.717, 1.165) is 5.69 Å². The summed E-state index contributed by atoms with van der Waals surface area (Å²) >= 11 is 0. The lowest BCUT2D eigenvalue weighted by molar-refractivity contribution is 0.0923. The molecule has 0 saturated heterocycles. The van der Waals surface area contributed by atoms with Crippen molar-refractivity contribution in [1.29, 1.82) is 0 Å². The molecule has 1 aromatic carbocycles. The van der Waals surface area contributed by atoms with E-state index in [2.05, 4.69) is 11.0 Å². The molecule has 0 saturated carbocycles. The van der Waals surface area contributed by atoms with E-state index >= 15 is 0 Å². The molecule has 62 valence electrons. The predicted molar refractivity (Wildman–Crippen MR) is 45.4 cm³/mol. The first-order valence-corrected chi connectivity index (χ1v) is 3.68. The number of rotatable bonds is 0. The van der Waals surface area contributed by atoms with Gasteiger partial charge in [0.1, 0.15) is 0 Å². The highest BCUT2D eigenvalue weighted by Crippen LogP contribution is 2.19. The van der Waals surface area contributed by atoms with Crippen LogP contribution in [0.25, 0.3) is 0 Å². The molecule has 0 bridgehead atoms. The summed E-state index contributed by atoms with van der Waals surface area (Å²) in [6, 6.07) is 7.43. The van der Waals surface area contributed by atoms with E-state index < -0.39 is 0 Å². The van der Waals surface area contributed by atoms with Crippen molar-refractivity contribution in [1.82, 2.24) is 11.0 Å². The molecule has 1 aromatic rings. The van der Waals surface area contributed by atoms with Gasteiger partial charge in [0.25, 0.3) is 5.91 Å². The van der Waals surface area contributed by atoms with Crippen molar-refractivity contribution in [3.63, 3.8) is 0 Å². The largest absolute Gasteiger partial charge is 0.293 e. The Hall–Kier alpha value is -1.55. The van der Waals surface area contributed by atoms with E-state index in [-0.39, 0.29) is 5.91 Å². The normalized spacial score (nSPS) is 15.4. The van der Waals surface area contributed by atoms with Crippen molar-refractivity contribution in [3.05, 3.63) is 29.8 Å². The molecule has 2 N–H and O–H groups in total. The third-order valence-electron chi connectivity index (χ3n) is 1.85. The van der Waals surface area contributed by atoms with Crippen LogP contribution in [0.5, 0.6) is 0 Å². The molecular weight excluding hydrogens is 154 g/mol. The SMILES string of the molecule is CN1NNC(=O)c2ccccc21. The molecule has 1 amide bonds. The van der Waals surface area contributed by atoms with Crippen LogP contribution in [0.15, 0.2) is 24.3 Å². The number of nitrogens with one attached hydrogen (secondary N) is 2. The highest BCUT2D eigenvalue weighted by Gasteiger charge is 2.18. The number of para-hydroxylation sites is 1. The van der Waals surface area contributed by atoms with Crippen molar-refractivity contribution in [2.24, 2.45) is 0 Å². The highest BCUT2D eigenvalue weighted by molar-refractivity contribution is 6.00. The third-order valence-corrected chi connectivity index (χ3v) is 1.85. The molecule has 2 rings (SSSR count). The second kappa shape index (κ2) is 2.49. The maximum absolute atomic E-state index is 11.2. The lowest BCUT2D eigenvalue weighted by atomic mass is 10.1. The monoisotopic (exact) mass is 163 g/mol. The Morgan fingerprint density at radius 1 is 1.33 bits per heavy atom. The highest BCUT2D eigenvalue weighted by atomic mass is 16.2. The zero-order valence-corrected chi connectivity index (χ0v) is 6.66. The number of anilines is 1. The molecule has 0 spiro atoms. The molecule has 0 unspecified atom stereocenters. The van der Waals surface area contributed by atoms with E-state index in [1.807, 2.05) is 25.2 Å². The summed E-state index contributed by atoms with van der Waals surface area (Å²) in [7, 11) is 1.85. The number of hydrogen-bond acceptors (Lipinski definition) is 3. The van der Waals surface area contributed by atoms with E-state index in [9.17, 15) is 4.79 Å². The van der Waals surface area contributed by atoms with Gasteiger partial charge in [-0.25, -0.2) is 0 Å². The summed E-state index contributed by atoms with van der Waals surface area (Å²) in [5, 5.41) is 1.76. The van der Waals surface area contributed by atoms with Gasteiger partial charge >= 0.3 is 0 Å². The maximum Gasteiger partial charge on any atom is 0.268 e. The third kappa shape index (κ3) is 0.931. The van der Waals surface area contributed by atoms with Gasteiger partial charge in [-0.05, 0) is 12.1 Å². The number of nitrogens with zero attached hydrogens (tertiary/aromatic N) is 1. The number of carbonyl (C=O) groups is 1. The van der Waals surface area contributed by atoms with E-state index in [1.165, 1.54) is 0 Å². The molecule has 4 nitrogen and oxygen atoms in total. The summed E-state index contributed by atoms with van der Waals surface area (Å²) in [6.45, 7) is 0. The van der Waals surface area contributed by atoms with Gasteiger partial charge in [0, 0.05) is 7.05 Å². The van der Waals surface area contributed by atoms with Crippen LogP contribution < -0.4 is 16.0 Å². The molecule has 1 aliphatic heterocycles. The number of hydrazine groups is 2. The topological polar surface area (TPSA) is 44.4 Å². The Morgan fingerprint density at radius 2 is 2.08 bits per heavy atom. The van der Waals surface area contributed by atoms with Gasteiger partial charge in [0.15, 0.2) is 0 Å². The Kier molecular flexibility index (Phi) is 1.48. The van der Waals surface area contributed by atoms with Gasteiger partial charge in [0.05, 0.1) is 11.3 Å². The Labute approximate surface area is 70.1 Å². The second-order valence-corrected chi connectivity index (χ2v) is 2.64. The summed E-state index contributed by atoms with van der Waals surface area (Å²) in [4.78, 5) is 11.2. The first-order chi connectivity index (χ1) is 5.79. The molecule has 4 heteroatoms. The van der Waals surface area contributed by atoms with Crippen molar-refractivity contribution >= 4 is 11.6 Å². The molecule has 0 radical (unpaired) electrons. The standard InChI is InChI=1S/C8H9N3O/c1-11-7-5-3-2-4-6(7)8(12)9-10-11/h2-5,10H,1H3,(H,9,12). The van der Waals surface area contributed by atoms with E-state index in [0.29, 0.717) is 5.56 Å². The summed E-state index contributed by atoms with van der Waals surface area (Å²) in [6.07, 6.45) is 0. The second-order valence-electron chi connectivity index (χ2n) is 2.64. The van der Waals surface area contributed by atoms with Gasteiger partial charge in [-0.2, -0.15) is 0 Å². The van der Waals surface area contributed by atoms with Gasteiger partial charge < -0.3 is 0 Å². The summed E-state index contributed by atoms with van der Waals surface area (Å²) < 4.78 is 0. The smallest absolute Gasteiger partial charge is 0.268 e. The Balaban J connectivity index is 2.55. The molecule has 0 aromatic heterocycles. The van der Waals surface area contributed by atoms with Crippen LogP contribution in [0.4, 0.5) is 5.69 Å². The first kappa shape index (κ1) is 7.12. The molecule has 12 heavy (non-hydrogen) atoms. The number of hydrogen-bond donors (Lipinski definition) is 2. The lowest BCUT2D eigenvalue weighted by Crippen LogP contribution is -2.52. The van der Waals surface area contributed by atoms with Crippen LogP contribution in [-0.2, 0) is 0 Å². The number of benzene rings is 1. The van der Waals surface area contributed by atoms with E-state index in [4.69, 9.17) is 0 Å². The fraction of sp³-hybridized carbons (Fsp3) is 0.125. The Morgan fingerprint density at radius 3 is 2.83 bits per heavy atom. The van der Waals surface area contributed by atoms with Crippen LogP contribution in [0, 0.1) is 0 Å². The summed E-state index contributed by atoms with van der Waals surface area (Å²) in [5.41, 5.74) is 6.83. The van der Waals surface area contributed by atoms with Crippen LogP contribution >= 0.6 is 0 Å². The van der Waals surface area contributed by atoms with Crippen LogP contribution in [0.3, 0.4) is 0 Å². The maximum atomic E-state index is 11.2. The van der Waals surface area contributed by atoms with Crippen molar-refractivity contribution in [3.8, 4) is 0 Å². The minimum absolute atomic E-state index is 0.0938. The van der Waals surface area contributed by atoms with Crippen molar-refractivity contribution in [2.75, 3.05) is 12.1 Å².